The summed E-state index contributed by atoms with van der Waals surface area (Å²) in [6.45, 7) is 0. The summed E-state index contributed by atoms with van der Waals surface area (Å²) >= 11 is 5.49. The van der Waals surface area contributed by atoms with Gasteiger partial charge in [0.05, 0.1) is 0 Å². The summed E-state index contributed by atoms with van der Waals surface area (Å²) in [6, 6.07) is 4.44. The highest BCUT2D eigenvalue weighted by Crippen LogP contribution is 2.32. The van der Waals surface area contributed by atoms with E-state index in [0.29, 0.717) is 0 Å². The Hall–Kier alpha value is -1.49. The summed E-state index contributed by atoms with van der Waals surface area (Å²) in [7, 11) is -6.00. The van der Waals surface area contributed by atoms with Crippen molar-refractivity contribution in [2.75, 3.05) is 0 Å². The molecule has 1 rings (SSSR count). The van der Waals surface area contributed by atoms with Crippen LogP contribution < -0.4 is 0 Å². The molecule has 0 radical (unpaired) electrons. The van der Waals surface area contributed by atoms with E-state index in [0.717, 1.165) is 0 Å². The van der Waals surface area contributed by atoms with E-state index in [4.69, 9.17) is 22.1 Å². The van der Waals surface area contributed by atoms with Gasteiger partial charge in [-0.3, -0.25) is 0 Å². The maximum absolute atomic E-state index is 9.75. The molecule has 15 heavy (non-hydrogen) atoms. The second-order valence-electron chi connectivity index (χ2n) is 2.21. The number of phenolic OH excluding ortho intramolecular Hbond substituents is 1. The standard InChI is InChI=1S/C6H3ClN2O.BF4/c7-6-4(9-8)2-1-3-5(6)10;2-1(3,4)5/h1-3H;/q;-1/p+1. The van der Waals surface area contributed by atoms with Crippen LogP contribution in [0.5, 0.6) is 5.75 Å². The van der Waals surface area contributed by atoms with Gasteiger partial charge in [-0.1, -0.05) is 17.7 Å². The maximum atomic E-state index is 9.75. The van der Waals surface area contributed by atoms with Gasteiger partial charge in [-0.2, -0.15) is 0 Å². The zero-order valence-corrected chi connectivity index (χ0v) is 7.80. The maximum Gasteiger partial charge on any atom is 0.673 e. The van der Waals surface area contributed by atoms with Crippen molar-refractivity contribution >= 4 is 24.5 Å². The van der Waals surface area contributed by atoms with Gasteiger partial charge in [-0.05, 0) is 6.07 Å². The van der Waals surface area contributed by atoms with Crippen LogP contribution in [-0.2, 0) is 0 Å². The average molecular weight is 242 g/mol. The summed E-state index contributed by atoms with van der Waals surface area (Å²) in [4.78, 5) is 2.84. The first kappa shape index (κ1) is 13.5. The molecular formula is C6H4BClF4N2O. The molecule has 0 aliphatic heterocycles. The predicted octanol–water partition coefficient (Wildman–Crippen LogP) is 3.83. The lowest BCUT2D eigenvalue weighted by Gasteiger charge is -1.94. The molecule has 0 aromatic heterocycles. The molecule has 0 atom stereocenters. The molecule has 0 bridgehead atoms. The Morgan fingerprint density at radius 2 is 1.73 bits per heavy atom. The predicted molar refractivity (Wildman–Crippen MR) is 48.0 cm³/mol. The zero-order chi connectivity index (χ0) is 12.1. The topological polar surface area (TPSA) is 48.4 Å². The molecule has 0 unspecified atom stereocenters. The van der Waals surface area contributed by atoms with Gasteiger partial charge in [0.2, 0.25) is 5.39 Å². The number of benzene rings is 1. The lowest BCUT2D eigenvalue weighted by molar-refractivity contribution is 0.368. The minimum absolute atomic E-state index is 0.0602. The van der Waals surface area contributed by atoms with Crippen molar-refractivity contribution in [3.8, 4) is 5.75 Å². The van der Waals surface area contributed by atoms with E-state index in [1.165, 1.54) is 18.2 Å². The van der Waals surface area contributed by atoms with Crippen LogP contribution in [0.15, 0.2) is 18.2 Å². The van der Waals surface area contributed by atoms with E-state index in [1.54, 1.807) is 0 Å². The first-order valence-corrected chi connectivity index (χ1v) is 3.83. The Morgan fingerprint density at radius 1 is 1.27 bits per heavy atom. The van der Waals surface area contributed by atoms with Crippen molar-refractivity contribution in [2.45, 2.75) is 0 Å². The second-order valence-corrected chi connectivity index (χ2v) is 2.58. The third kappa shape index (κ3) is 6.57. The number of phenols is 1. The molecule has 0 amide bonds. The monoisotopic (exact) mass is 242 g/mol. The fourth-order valence-electron chi connectivity index (χ4n) is 0.585. The van der Waals surface area contributed by atoms with Gasteiger partial charge >= 0.3 is 12.9 Å². The van der Waals surface area contributed by atoms with E-state index in [-0.39, 0.29) is 16.5 Å². The van der Waals surface area contributed by atoms with Crippen LogP contribution in [0.2, 0.25) is 5.02 Å². The van der Waals surface area contributed by atoms with Crippen LogP contribution in [0.3, 0.4) is 0 Å². The van der Waals surface area contributed by atoms with Crippen molar-refractivity contribution in [1.29, 1.82) is 5.39 Å². The number of diazo groups is 1. The van der Waals surface area contributed by atoms with Crippen molar-refractivity contribution in [3.05, 3.63) is 28.2 Å². The number of halogens is 5. The van der Waals surface area contributed by atoms with E-state index >= 15 is 0 Å². The minimum Gasteiger partial charge on any atom is -0.506 e. The highest BCUT2D eigenvalue weighted by Gasteiger charge is 2.20. The van der Waals surface area contributed by atoms with E-state index in [2.05, 4.69) is 4.98 Å². The summed E-state index contributed by atoms with van der Waals surface area (Å²) < 4.78 is 39.0. The molecule has 1 aromatic rings. The van der Waals surface area contributed by atoms with Crippen LogP contribution in [0.4, 0.5) is 23.0 Å². The Kier molecular flexibility index (Phi) is 4.87. The van der Waals surface area contributed by atoms with Gasteiger partial charge in [0.1, 0.15) is 5.75 Å². The highest BCUT2D eigenvalue weighted by molar-refractivity contribution is 6.50. The van der Waals surface area contributed by atoms with Gasteiger partial charge in [-0.15, -0.1) is 0 Å². The largest absolute Gasteiger partial charge is 0.673 e. The van der Waals surface area contributed by atoms with Crippen LogP contribution in [0.1, 0.15) is 0 Å². The molecule has 0 aliphatic carbocycles. The minimum atomic E-state index is -6.00. The molecule has 0 saturated carbocycles. The van der Waals surface area contributed by atoms with Crippen LogP contribution >= 0.6 is 11.6 Å². The number of nitrogens with zero attached hydrogens (tertiary/aromatic N) is 2. The van der Waals surface area contributed by atoms with E-state index < -0.39 is 7.25 Å². The van der Waals surface area contributed by atoms with Gasteiger partial charge in [-0.25, -0.2) is 0 Å². The third-order valence-electron chi connectivity index (χ3n) is 1.07. The molecule has 1 aromatic carbocycles. The van der Waals surface area contributed by atoms with Gasteiger partial charge < -0.3 is 22.4 Å². The van der Waals surface area contributed by atoms with Gasteiger partial charge in [0.15, 0.2) is 10.00 Å². The van der Waals surface area contributed by atoms with E-state index in [9.17, 15) is 17.3 Å². The molecule has 0 heterocycles. The van der Waals surface area contributed by atoms with Crippen molar-refractivity contribution in [1.82, 2.24) is 0 Å². The van der Waals surface area contributed by atoms with Crippen molar-refractivity contribution < 1.29 is 22.4 Å². The summed E-state index contributed by atoms with van der Waals surface area (Å²) in [5, 5.41) is 17.3. The number of hydrogen-bond donors (Lipinski definition) is 1. The lowest BCUT2D eigenvalue weighted by Crippen LogP contribution is -2.02. The fraction of sp³-hybridized carbons (Fsp3) is 0. The number of hydrogen-bond acceptors (Lipinski definition) is 2. The zero-order valence-electron chi connectivity index (χ0n) is 7.04. The Bertz CT molecular complexity index is 372. The van der Waals surface area contributed by atoms with Crippen LogP contribution in [-0.4, -0.2) is 12.4 Å². The van der Waals surface area contributed by atoms with E-state index in [1.807, 2.05) is 0 Å². The highest BCUT2D eigenvalue weighted by atomic mass is 35.5. The SMILES string of the molecule is F[B-](F)(F)F.N#[N+]c1cccc(O)c1Cl. The molecule has 3 nitrogen and oxygen atoms in total. The molecular weight excluding hydrogens is 238 g/mol. The number of aromatic hydroxyl groups is 1. The Balaban J connectivity index is 0.000000336. The molecule has 0 spiro atoms. The Labute approximate surface area is 87.0 Å². The summed E-state index contributed by atoms with van der Waals surface area (Å²) in [6.07, 6.45) is 0. The molecule has 0 fully saturated rings. The molecule has 9 heteroatoms. The molecule has 0 aliphatic rings. The third-order valence-corrected chi connectivity index (χ3v) is 1.45. The first-order chi connectivity index (χ1) is 6.75. The fourth-order valence-corrected chi connectivity index (χ4v) is 0.749. The normalized spacial score (nSPS) is 9.87. The summed E-state index contributed by atoms with van der Waals surface area (Å²) in [5.74, 6) is -0.0861. The smallest absolute Gasteiger partial charge is 0.506 e. The quantitative estimate of drug-likeness (QED) is 0.427. The van der Waals surface area contributed by atoms with Crippen molar-refractivity contribution in [3.63, 3.8) is 0 Å². The first-order valence-electron chi connectivity index (χ1n) is 3.45. The molecule has 1 N–H and O–H groups in total. The Morgan fingerprint density at radius 3 is 2.07 bits per heavy atom. The van der Waals surface area contributed by atoms with Crippen molar-refractivity contribution in [2.24, 2.45) is 0 Å². The second kappa shape index (κ2) is 5.41. The summed E-state index contributed by atoms with van der Waals surface area (Å²) in [5.41, 5.74) is 0.168. The van der Waals surface area contributed by atoms with Gasteiger partial charge in [0, 0.05) is 6.07 Å². The molecule has 82 valence electrons. The van der Waals surface area contributed by atoms with Crippen LogP contribution in [0.25, 0.3) is 4.98 Å². The molecule has 0 saturated heterocycles. The number of rotatable bonds is 0. The van der Waals surface area contributed by atoms with Gasteiger partial charge in [0.25, 0.3) is 0 Å². The van der Waals surface area contributed by atoms with Crippen LogP contribution in [0, 0.1) is 5.39 Å². The average Bonchev–Trinajstić information content (AvgIpc) is 2.07. The lowest BCUT2D eigenvalue weighted by atomic mass is 10.3.